The largest absolute Gasteiger partial charge is 0.337 e. The van der Waals surface area contributed by atoms with E-state index in [0.29, 0.717) is 5.06 Å². The Morgan fingerprint density at radius 3 is 2.05 bits per heavy atom. The van der Waals surface area contributed by atoms with Gasteiger partial charge in [-0.05, 0) is 12.1 Å². The van der Waals surface area contributed by atoms with E-state index in [1.54, 1.807) is 12.1 Å². The average Bonchev–Trinajstić information content (AvgIpc) is 2.61. The highest BCUT2D eigenvalue weighted by atomic mass is 16.7. The lowest BCUT2D eigenvalue weighted by atomic mass is 9.84. The van der Waals surface area contributed by atoms with Crippen LogP contribution in [-0.2, 0) is 14.4 Å². The molecule has 96 valence electrons. The molecule has 0 saturated heterocycles. The molecule has 6 heteroatoms. The second kappa shape index (κ2) is 4.01. The Hall–Kier alpha value is -2.50. The molecule has 0 bridgehead atoms. The van der Waals surface area contributed by atoms with Gasteiger partial charge in [0.1, 0.15) is 5.78 Å². The summed E-state index contributed by atoms with van der Waals surface area (Å²) in [5.74, 6) is -2.59. The Bertz CT molecular complexity index is 578. The van der Waals surface area contributed by atoms with Crippen molar-refractivity contribution in [2.24, 2.45) is 5.92 Å². The van der Waals surface area contributed by atoms with Crippen LogP contribution >= 0.6 is 0 Å². The van der Waals surface area contributed by atoms with E-state index in [0.717, 1.165) is 0 Å². The average molecular weight is 259 g/mol. The topological polar surface area (TPSA) is 80.8 Å². The van der Waals surface area contributed by atoms with Gasteiger partial charge in [-0.1, -0.05) is 17.2 Å². The Kier molecular flexibility index (Phi) is 2.45. The fraction of sp³-hybridized carbons (Fsp3) is 0.231. The van der Waals surface area contributed by atoms with Crippen molar-refractivity contribution in [3.05, 3.63) is 35.4 Å². The summed E-state index contributed by atoms with van der Waals surface area (Å²) in [5.41, 5.74) is 0.426. The van der Waals surface area contributed by atoms with E-state index in [-0.39, 0.29) is 29.8 Å². The lowest BCUT2D eigenvalue weighted by Crippen LogP contribution is -2.39. The van der Waals surface area contributed by atoms with Crippen LogP contribution in [0.2, 0.25) is 0 Å². The van der Waals surface area contributed by atoms with Crippen LogP contribution in [0.1, 0.15) is 33.6 Å². The van der Waals surface area contributed by atoms with Crippen molar-refractivity contribution in [2.75, 3.05) is 0 Å². The Morgan fingerprint density at radius 2 is 1.58 bits per heavy atom. The number of amides is 2. The maximum absolute atomic E-state index is 11.9. The molecule has 1 aliphatic heterocycles. The van der Waals surface area contributed by atoms with Crippen LogP contribution in [-0.4, -0.2) is 28.6 Å². The number of carbonyl (C=O) groups is 4. The third-order valence-corrected chi connectivity index (χ3v) is 3.22. The smallest absolute Gasteiger partial charge is 0.329 e. The van der Waals surface area contributed by atoms with E-state index in [1.807, 2.05) is 0 Å². The zero-order valence-electron chi connectivity index (χ0n) is 9.79. The highest BCUT2D eigenvalue weighted by Crippen LogP contribution is 2.27. The molecule has 1 aromatic carbocycles. The molecule has 19 heavy (non-hydrogen) atoms. The summed E-state index contributed by atoms with van der Waals surface area (Å²) in [6.07, 6.45) is 0.226. The van der Waals surface area contributed by atoms with Crippen molar-refractivity contribution in [3.63, 3.8) is 0 Å². The minimum Gasteiger partial charge on any atom is -0.329 e. The minimum absolute atomic E-state index is 0.0238. The number of rotatable bonds is 2. The van der Waals surface area contributed by atoms with Crippen LogP contribution < -0.4 is 0 Å². The number of carbonyl (C=O) groups excluding carboxylic acids is 4. The van der Waals surface area contributed by atoms with Crippen molar-refractivity contribution in [3.8, 4) is 0 Å². The predicted molar refractivity (Wildman–Crippen MR) is 60.8 cm³/mol. The number of hydrogen-bond acceptors (Lipinski definition) is 5. The Labute approximate surface area is 107 Å². The third-order valence-electron chi connectivity index (χ3n) is 3.22. The molecule has 2 aliphatic rings. The van der Waals surface area contributed by atoms with Gasteiger partial charge in [-0.15, -0.1) is 0 Å². The van der Waals surface area contributed by atoms with Crippen LogP contribution in [0.5, 0.6) is 0 Å². The molecule has 3 rings (SSSR count). The number of fused-ring (bicyclic) bond motifs is 1. The fourth-order valence-electron chi connectivity index (χ4n) is 2.07. The first kappa shape index (κ1) is 11.6. The number of hydroxylamine groups is 2. The first-order valence-corrected chi connectivity index (χ1v) is 5.79. The van der Waals surface area contributed by atoms with Crippen LogP contribution in [0.25, 0.3) is 0 Å². The van der Waals surface area contributed by atoms with E-state index < -0.39 is 23.7 Å². The second-order valence-corrected chi connectivity index (χ2v) is 4.50. The van der Waals surface area contributed by atoms with Crippen LogP contribution in [0.3, 0.4) is 0 Å². The normalized spacial score (nSPS) is 18.3. The molecule has 2 amide bonds. The maximum Gasteiger partial charge on any atom is 0.337 e. The molecule has 1 aliphatic carbocycles. The van der Waals surface area contributed by atoms with Crippen LogP contribution in [0, 0.1) is 5.92 Å². The number of nitrogens with zero attached hydrogens (tertiary/aromatic N) is 1. The highest BCUT2D eigenvalue weighted by Gasteiger charge is 2.42. The second-order valence-electron chi connectivity index (χ2n) is 4.50. The van der Waals surface area contributed by atoms with Gasteiger partial charge in [-0.3, -0.25) is 14.4 Å². The number of imide groups is 1. The molecule has 0 aromatic heterocycles. The summed E-state index contributed by atoms with van der Waals surface area (Å²) in [6.45, 7) is 0. The van der Waals surface area contributed by atoms with Crippen molar-refractivity contribution < 1.29 is 24.0 Å². The van der Waals surface area contributed by atoms with Crippen LogP contribution in [0.4, 0.5) is 0 Å². The standard InChI is InChI=1S/C13H9NO5/c15-8-5-7(6-8)13(18)19-14-11(16)9-3-1-2-4-10(9)12(14)17/h1-4,7H,5-6H2. The van der Waals surface area contributed by atoms with E-state index in [4.69, 9.17) is 4.84 Å². The van der Waals surface area contributed by atoms with Gasteiger partial charge in [-0.25, -0.2) is 4.79 Å². The van der Waals surface area contributed by atoms with Gasteiger partial charge in [0.25, 0.3) is 11.8 Å². The molecule has 0 N–H and O–H groups in total. The number of ketones is 1. The SMILES string of the molecule is O=C1CC(C(=O)ON2C(=O)c3ccccc3C2=O)C1. The number of Topliss-reactive ketones (excluding diaryl/α,β-unsaturated/α-hetero) is 1. The summed E-state index contributed by atoms with van der Waals surface area (Å²) in [6, 6.07) is 6.24. The van der Waals surface area contributed by atoms with Gasteiger partial charge in [0.05, 0.1) is 17.0 Å². The van der Waals surface area contributed by atoms with E-state index in [1.165, 1.54) is 12.1 Å². The molecule has 6 nitrogen and oxygen atoms in total. The molecule has 1 saturated carbocycles. The lowest BCUT2D eigenvalue weighted by molar-refractivity contribution is -0.177. The van der Waals surface area contributed by atoms with E-state index in [9.17, 15) is 19.2 Å². The molecule has 0 spiro atoms. The summed E-state index contributed by atoms with van der Waals surface area (Å²) in [5, 5.41) is 0.468. The molecule has 0 radical (unpaired) electrons. The van der Waals surface area contributed by atoms with Gasteiger partial charge >= 0.3 is 5.97 Å². The number of benzene rings is 1. The Balaban J connectivity index is 1.77. The van der Waals surface area contributed by atoms with Gasteiger partial charge < -0.3 is 4.84 Å². The zero-order chi connectivity index (χ0) is 13.6. The summed E-state index contributed by atoms with van der Waals surface area (Å²) >= 11 is 0. The summed E-state index contributed by atoms with van der Waals surface area (Å²) in [4.78, 5) is 51.1. The Morgan fingerprint density at radius 1 is 1.05 bits per heavy atom. The van der Waals surface area contributed by atoms with Crippen molar-refractivity contribution in [2.45, 2.75) is 12.8 Å². The first-order valence-electron chi connectivity index (χ1n) is 5.79. The molecular formula is C13H9NO5. The fourth-order valence-corrected chi connectivity index (χ4v) is 2.07. The zero-order valence-corrected chi connectivity index (χ0v) is 9.79. The van der Waals surface area contributed by atoms with Gasteiger partial charge in [0, 0.05) is 12.8 Å². The molecule has 1 heterocycles. The molecular weight excluding hydrogens is 250 g/mol. The minimum atomic E-state index is -0.714. The van der Waals surface area contributed by atoms with Gasteiger partial charge in [-0.2, -0.15) is 0 Å². The third kappa shape index (κ3) is 1.72. The van der Waals surface area contributed by atoms with Gasteiger partial charge in [0.2, 0.25) is 0 Å². The van der Waals surface area contributed by atoms with Crippen molar-refractivity contribution >= 4 is 23.6 Å². The lowest BCUT2D eigenvalue weighted by Gasteiger charge is -2.23. The highest BCUT2D eigenvalue weighted by molar-refractivity contribution is 6.21. The van der Waals surface area contributed by atoms with Crippen molar-refractivity contribution in [1.82, 2.24) is 5.06 Å². The molecule has 0 unspecified atom stereocenters. The monoisotopic (exact) mass is 259 g/mol. The van der Waals surface area contributed by atoms with E-state index in [2.05, 4.69) is 0 Å². The van der Waals surface area contributed by atoms with E-state index >= 15 is 0 Å². The quantitative estimate of drug-likeness (QED) is 0.731. The molecule has 1 fully saturated rings. The maximum atomic E-state index is 11.9. The summed E-state index contributed by atoms with van der Waals surface area (Å²) < 4.78 is 0. The van der Waals surface area contributed by atoms with Crippen LogP contribution in [0.15, 0.2) is 24.3 Å². The molecule has 0 atom stereocenters. The summed E-state index contributed by atoms with van der Waals surface area (Å²) in [7, 11) is 0. The molecule has 1 aromatic rings. The number of hydrogen-bond donors (Lipinski definition) is 0. The van der Waals surface area contributed by atoms with Crippen molar-refractivity contribution in [1.29, 1.82) is 0 Å². The first-order chi connectivity index (χ1) is 9.08. The predicted octanol–water partition coefficient (Wildman–Crippen LogP) is 0.720. The van der Waals surface area contributed by atoms with Gasteiger partial charge in [0.15, 0.2) is 0 Å².